The molecule has 20 heavy (non-hydrogen) atoms. The molecule has 1 aromatic heterocycles. The van der Waals surface area contributed by atoms with Crippen molar-refractivity contribution in [2.75, 3.05) is 25.1 Å². The van der Waals surface area contributed by atoms with Gasteiger partial charge in [0.05, 0.1) is 17.4 Å². The van der Waals surface area contributed by atoms with E-state index in [-0.39, 0.29) is 18.6 Å². The fraction of sp³-hybridized carbons (Fsp3) is 0.429. The number of rotatable bonds is 5. The number of benzene rings is 1. The van der Waals surface area contributed by atoms with Gasteiger partial charge in [-0.25, -0.2) is 0 Å². The first-order chi connectivity index (χ1) is 9.83. The summed E-state index contributed by atoms with van der Waals surface area (Å²) in [6.07, 6.45) is 2.23. The molecule has 5 nitrogen and oxygen atoms in total. The monoisotopic (exact) mass is 292 g/mol. The van der Waals surface area contributed by atoms with Crippen LogP contribution in [-0.2, 0) is 14.3 Å². The van der Waals surface area contributed by atoms with Crippen LogP contribution < -0.4 is 5.32 Å². The summed E-state index contributed by atoms with van der Waals surface area (Å²) in [7, 11) is 0. The molecule has 0 radical (unpaired) electrons. The van der Waals surface area contributed by atoms with Crippen molar-refractivity contribution < 1.29 is 14.3 Å². The molecule has 3 rings (SSSR count). The van der Waals surface area contributed by atoms with Crippen LogP contribution in [0, 0.1) is 0 Å². The fourth-order valence-electron chi connectivity index (χ4n) is 2.20. The minimum Gasteiger partial charge on any atom is -0.376 e. The van der Waals surface area contributed by atoms with E-state index in [9.17, 15) is 4.79 Å². The van der Waals surface area contributed by atoms with Crippen molar-refractivity contribution in [1.29, 1.82) is 0 Å². The third-order valence-corrected chi connectivity index (χ3v) is 4.02. The smallest absolute Gasteiger partial charge is 0.251 e. The van der Waals surface area contributed by atoms with Crippen LogP contribution in [0.5, 0.6) is 0 Å². The summed E-state index contributed by atoms with van der Waals surface area (Å²) in [5, 5.41) is 3.75. The molecule has 0 spiro atoms. The molecule has 1 aromatic carbocycles. The van der Waals surface area contributed by atoms with Gasteiger partial charge in [0.25, 0.3) is 5.91 Å². The number of carbonyl (C=O) groups is 1. The highest BCUT2D eigenvalue weighted by atomic mass is 32.1. The van der Waals surface area contributed by atoms with Crippen molar-refractivity contribution in [2.24, 2.45) is 0 Å². The molecule has 0 saturated carbocycles. The molecule has 0 bridgehead atoms. The van der Waals surface area contributed by atoms with Crippen molar-refractivity contribution in [2.45, 2.75) is 18.9 Å². The topological polar surface area (TPSA) is 60.5 Å². The van der Waals surface area contributed by atoms with E-state index in [0.29, 0.717) is 12.4 Å². The molecule has 1 N–H and O–H groups in total. The fourth-order valence-corrected chi connectivity index (χ4v) is 2.94. The number of hydrogen-bond acceptors (Lipinski definition) is 5. The maximum Gasteiger partial charge on any atom is 0.251 e. The molecule has 1 aliphatic heterocycles. The minimum atomic E-state index is -0.181. The van der Waals surface area contributed by atoms with Crippen LogP contribution in [0.2, 0.25) is 0 Å². The van der Waals surface area contributed by atoms with Crippen LogP contribution in [0.4, 0.5) is 5.82 Å². The number of nitrogens with one attached hydrogen (secondary N) is 1. The third kappa shape index (κ3) is 3.15. The molecule has 2 heterocycles. The Morgan fingerprint density at radius 3 is 3.25 bits per heavy atom. The van der Waals surface area contributed by atoms with Gasteiger partial charge in [-0.1, -0.05) is 12.1 Å². The average Bonchev–Trinajstić information content (AvgIpc) is 3.09. The Balaban J connectivity index is 1.50. The second-order valence-electron chi connectivity index (χ2n) is 4.73. The van der Waals surface area contributed by atoms with E-state index in [4.69, 9.17) is 9.47 Å². The molecular weight excluding hydrogens is 276 g/mol. The summed E-state index contributed by atoms with van der Waals surface area (Å²) >= 11 is 1.37. The van der Waals surface area contributed by atoms with Crippen molar-refractivity contribution in [3.8, 4) is 0 Å². The molecule has 2 aromatic rings. The maximum absolute atomic E-state index is 11.8. The third-order valence-electron chi connectivity index (χ3n) is 3.20. The normalized spacial score (nSPS) is 18.5. The Hall–Kier alpha value is -1.50. The van der Waals surface area contributed by atoms with Crippen LogP contribution in [0.3, 0.4) is 0 Å². The molecule has 1 unspecified atom stereocenters. The van der Waals surface area contributed by atoms with Gasteiger partial charge in [-0.3, -0.25) is 4.79 Å². The molecule has 1 fully saturated rings. The van der Waals surface area contributed by atoms with E-state index in [1.165, 1.54) is 11.5 Å². The molecule has 1 aliphatic rings. The molecular formula is C14H16N2O3S. The van der Waals surface area contributed by atoms with Gasteiger partial charge < -0.3 is 14.8 Å². The van der Waals surface area contributed by atoms with Crippen LogP contribution in [0.25, 0.3) is 10.1 Å². The van der Waals surface area contributed by atoms with Gasteiger partial charge >= 0.3 is 0 Å². The molecule has 1 amide bonds. The van der Waals surface area contributed by atoms with Gasteiger partial charge in [-0.15, -0.1) is 0 Å². The van der Waals surface area contributed by atoms with Gasteiger partial charge in [0.15, 0.2) is 5.82 Å². The van der Waals surface area contributed by atoms with Gasteiger partial charge in [-0.05, 0) is 36.5 Å². The molecule has 0 aliphatic carbocycles. The lowest BCUT2D eigenvalue weighted by molar-refractivity contribution is -0.121. The minimum absolute atomic E-state index is 0.0334. The number of carbonyl (C=O) groups excluding carboxylic acids is 1. The lowest BCUT2D eigenvalue weighted by Crippen LogP contribution is -2.22. The molecule has 1 saturated heterocycles. The molecule has 6 heteroatoms. The second kappa shape index (κ2) is 6.30. The Morgan fingerprint density at radius 1 is 1.50 bits per heavy atom. The number of amides is 1. The van der Waals surface area contributed by atoms with Crippen molar-refractivity contribution in [1.82, 2.24) is 4.37 Å². The highest BCUT2D eigenvalue weighted by Crippen LogP contribution is 2.25. The zero-order valence-corrected chi connectivity index (χ0v) is 11.8. The molecule has 106 valence electrons. The zero-order valence-electron chi connectivity index (χ0n) is 11.0. The van der Waals surface area contributed by atoms with E-state index >= 15 is 0 Å². The number of fused-ring (bicyclic) bond motifs is 1. The van der Waals surface area contributed by atoms with Crippen molar-refractivity contribution in [3.63, 3.8) is 0 Å². The zero-order chi connectivity index (χ0) is 13.8. The SMILES string of the molecule is O=C(COCC1CCCO1)Nc1nsc2ccccc12. The van der Waals surface area contributed by atoms with E-state index < -0.39 is 0 Å². The standard InChI is InChI=1S/C14H16N2O3S/c17-13(9-18-8-10-4-3-7-19-10)15-14-11-5-1-2-6-12(11)20-16-14/h1-2,5-6,10H,3-4,7-9H2,(H,15,16,17). The average molecular weight is 292 g/mol. The van der Waals surface area contributed by atoms with E-state index in [1.807, 2.05) is 24.3 Å². The highest BCUT2D eigenvalue weighted by Gasteiger charge is 2.16. The Bertz CT molecular complexity index is 593. The summed E-state index contributed by atoms with van der Waals surface area (Å²) in [4.78, 5) is 11.8. The van der Waals surface area contributed by atoms with E-state index in [1.54, 1.807) is 0 Å². The van der Waals surface area contributed by atoms with Gasteiger partial charge in [-0.2, -0.15) is 4.37 Å². The van der Waals surface area contributed by atoms with Crippen LogP contribution >= 0.6 is 11.5 Å². The maximum atomic E-state index is 11.8. The number of ether oxygens (including phenoxy) is 2. The van der Waals surface area contributed by atoms with E-state index in [0.717, 1.165) is 29.5 Å². The Kier molecular flexibility index (Phi) is 4.25. The first-order valence-electron chi connectivity index (χ1n) is 6.66. The lowest BCUT2D eigenvalue weighted by atomic mass is 10.2. The van der Waals surface area contributed by atoms with Crippen LogP contribution in [0.15, 0.2) is 24.3 Å². The predicted octanol–water partition coefficient (Wildman–Crippen LogP) is 2.43. The van der Waals surface area contributed by atoms with Crippen LogP contribution in [-0.4, -0.2) is 36.2 Å². The highest BCUT2D eigenvalue weighted by molar-refractivity contribution is 7.13. The van der Waals surface area contributed by atoms with Gasteiger partial charge in [0, 0.05) is 12.0 Å². The van der Waals surface area contributed by atoms with Crippen molar-refractivity contribution >= 4 is 33.3 Å². The summed E-state index contributed by atoms with van der Waals surface area (Å²) in [6, 6.07) is 7.81. The van der Waals surface area contributed by atoms with Gasteiger partial charge in [0.1, 0.15) is 6.61 Å². The van der Waals surface area contributed by atoms with Gasteiger partial charge in [0.2, 0.25) is 0 Å². The predicted molar refractivity (Wildman–Crippen MR) is 78.0 cm³/mol. The number of nitrogens with zero attached hydrogens (tertiary/aromatic N) is 1. The summed E-state index contributed by atoms with van der Waals surface area (Å²) in [5.74, 6) is 0.426. The first-order valence-corrected chi connectivity index (χ1v) is 7.44. The number of aromatic nitrogens is 1. The van der Waals surface area contributed by atoms with Crippen LogP contribution in [0.1, 0.15) is 12.8 Å². The number of hydrogen-bond donors (Lipinski definition) is 1. The largest absolute Gasteiger partial charge is 0.376 e. The van der Waals surface area contributed by atoms with Crippen molar-refractivity contribution in [3.05, 3.63) is 24.3 Å². The molecule has 1 atom stereocenters. The lowest BCUT2D eigenvalue weighted by Gasteiger charge is -2.09. The quantitative estimate of drug-likeness (QED) is 0.919. The summed E-state index contributed by atoms with van der Waals surface area (Å²) in [6.45, 7) is 1.31. The summed E-state index contributed by atoms with van der Waals surface area (Å²) in [5.41, 5.74) is 0. The Morgan fingerprint density at radius 2 is 2.40 bits per heavy atom. The summed E-state index contributed by atoms with van der Waals surface area (Å²) < 4.78 is 16.1. The Labute approximate surface area is 121 Å². The first kappa shape index (κ1) is 13.5. The van der Waals surface area contributed by atoms with E-state index in [2.05, 4.69) is 9.69 Å². The second-order valence-corrected chi connectivity index (χ2v) is 5.53. The number of anilines is 1.